The lowest BCUT2D eigenvalue weighted by Gasteiger charge is -2.18. The van der Waals surface area contributed by atoms with Crippen LogP contribution in [0.4, 0.5) is 0 Å². The number of hydrogen-bond donors (Lipinski definition) is 0. The van der Waals surface area contributed by atoms with Gasteiger partial charge in [0.1, 0.15) is 0 Å². The highest BCUT2D eigenvalue weighted by molar-refractivity contribution is 6.20. The van der Waals surface area contributed by atoms with Crippen LogP contribution >= 0.6 is 11.6 Å². The minimum absolute atomic E-state index is 0.221. The number of halogens is 1. The summed E-state index contributed by atoms with van der Waals surface area (Å²) in [4.78, 5) is 6.39. The minimum Gasteiger partial charge on any atom is -0.481 e. The first-order valence-electron chi connectivity index (χ1n) is 5.44. The number of nitrogens with zero attached hydrogens (tertiary/aromatic N) is 2. The van der Waals surface area contributed by atoms with E-state index >= 15 is 0 Å². The van der Waals surface area contributed by atoms with E-state index < -0.39 is 0 Å². The molecule has 0 aliphatic heterocycles. The third kappa shape index (κ3) is 4.37. The Labute approximate surface area is 102 Å². The van der Waals surface area contributed by atoms with Crippen molar-refractivity contribution >= 4 is 11.6 Å². The molecule has 1 aromatic rings. The molecule has 1 unspecified atom stereocenters. The average Bonchev–Trinajstić information content (AvgIpc) is 2.27. The molecule has 1 atom stereocenters. The quantitative estimate of drug-likeness (QED) is 0.717. The molecule has 0 aliphatic rings. The zero-order valence-electron chi connectivity index (χ0n) is 10.1. The van der Waals surface area contributed by atoms with Gasteiger partial charge in [-0.05, 0) is 33.0 Å². The van der Waals surface area contributed by atoms with E-state index in [0.717, 1.165) is 25.1 Å². The van der Waals surface area contributed by atoms with Crippen molar-refractivity contribution in [3.63, 3.8) is 0 Å². The van der Waals surface area contributed by atoms with Crippen molar-refractivity contribution in [3.05, 3.63) is 23.9 Å². The Hall–Kier alpha value is -0.800. The minimum atomic E-state index is 0.221. The molecule has 0 saturated heterocycles. The standard InChI is InChI=1S/C12H19ClN2O/c1-10(13)6-8-15(2)9-11-5-4-7-14-12(11)16-3/h4-5,7,10H,6,8-9H2,1-3H3. The highest BCUT2D eigenvalue weighted by Gasteiger charge is 2.07. The maximum Gasteiger partial charge on any atom is 0.217 e. The summed E-state index contributed by atoms with van der Waals surface area (Å²) in [5, 5.41) is 0.221. The predicted octanol–water partition coefficient (Wildman–Crippen LogP) is 2.54. The molecular weight excluding hydrogens is 224 g/mol. The number of alkyl halides is 1. The summed E-state index contributed by atoms with van der Waals surface area (Å²) in [6.07, 6.45) is 2.73. The monoisotopic (exact) mass is 242 g/mol. The van der Waals surface area contributed by atoms with Crippen LogP contribution in [-0.2, 0) is 6.54 Å². The van der Waals surface area contributed by atoms with E-state index in [1.807, 2.05) is 19.1 Å². The number of ether oxygens (including phenoxy) is 1. The zero-order valence-corrected chi connectivity index (χ0v) is 10.9. The van der Waals surface area contributed by atoms with E-state index in [0.29, 0.717) is 5.88 Å². The molecule has 0 radical (unpaired) electrons. The molecule has 3 nitrogen and oxygen atoms in total. The van der Waals surface area contributed by atoms with E-state index in [2.05, 4.69) is 16.9 Å². The normalized spacial score (nSPS) is 12.8. The molecule has 1 heterocycles. The van der Waals surface area contributed by atoms with Gasteiger partial charge in [-0.25, -0.2) is 4.98 Å². The summed E-state index contributed by atoms with van der Waals surface area (Å²) < 4.78 is 5.21. The maximum absolute atomic E-state index is 5.92. The number of pyridine rings is 1. The van der Waals surface area contributed by atoms with Gasteiger partial charge in [-0.15, -0.1) is 11.6 Å². The Morgan fingerprint density at radius 1 is 1.56 bits per heavy atom. The molecule has 90 valence electrons. The Kier molecular flexibility index (Phi) is 5.56. The summed E-state index contributed by atoms with van der Waals surface area (Å²) in [7, 11) is 3.72. The van der Waals surface area contributed by atoms with Crippen LogP contribution in [0.2, 0.25) is 0 Å². The fourth-order valence-corrected chi connectivity index (χ4v) is 1.59. The molecular formula is C12H19ClN2O. The van der Waals surface area contributed by atoms with Crippen LogP contribution in [0.1, 0.15) is 18.9 Å². The topological polar surface area (TPSA) is 25.4 Å². The van der Waals surface area contributed by atoms with Gasteiger partial charge in [0.15, 0.2) is 0 Å². The summed E-state index contributed by atoms with van der Waals surface area (Å²) in [5.74, 6) is 0.702. The molecule has 0 spiro atoms. The van der Waals surface area contributed by atoms with Crippen molar-refractivity contribution in [3.8, 4) is 5.88 Å². The van der Waals surface area contributed by atoms with Crippen molar-refractivity contribution in [2.45, 2.75) is 25.3 Å². The third-order valence-corrected chi connectivity index (χ3v) is 2.61. The van der Waals surface area contributed by atoms with Crippen molar-refractivity contribution < 1.29 is 4.74 Å². The van der Waals surface area contributed by atoms with Crippen LogP contribution in [0.15, 0.2) is 18.3 Å². The molecule has 16 heavy (non-hydrogen) atoms. The lowest BCUT2D eigenvalue weighted by atomic mass is 10.2. The summed E-state index contributed by atoms with van der Waals surface area (Å²) in [5.41, 5.74) is 1.11. The van der Waals surface area contributed by atoms with Gasteiger partial charge >= 0.3 is 0 Å². The van der Waals surface area contributed by atoms with Gasteiger partial charge in [0.25, 0.3) is 0 Å². The second kappa shape index (κ2) is 6.71. The van der Waals surface area contributed by atoms with Crippen molar-refractivity contribution in [1.82, 2.24) is 9.88 Å². The molecule has 1 aromatic heterocycles. The Balaban J connectivity index is 2.51. The number of hydrogen-bond acceptors (Lipinski definition) is 3. The van der Waals surface area contributed by atoms with Crippen LogP contribution in [0, 0.1) is 0 Å². The van der Waals surface area contributed by atoms with Crippen LogP contribution in [0.25, 0.3) is 0 Å². The van der Waals surface area contributed by atoms with E-state index in [9.17, 15) is 0 Å². The van der Waals surface area contributed by atoms with E-state index in [1.54, 1.807) is 13.3 Å². The number of rotatable bonds is 6. The van der Waals surface area contributed by atoms with Crippen molar-refractivity contribution in [2.24, 2.45) is 0 Å². The highest BCUT2D eigenvalue weighted by Crippen LogP contribution is 2.15. The Bertz CT molecular complexity index is 318. The van der Waals surface area contributed by atoms with Gasteiger partial charge in [0.05, 0.1) is 7.11 Å². The molecule has 4 heteroatoms. The smallest absolute Gasteiger partial charge is 0.217 e. The predicted molar refractivity (Wildman–Crippen MR) is 67.1 cm³/mol. The second-order valence-electron chi connectivity index (χ2n) is 3.98. The van der Waals surface area contributed by atoms with Gasteiger partial charge in [0.2, 0.25) is 5.88 Å². The van der Waals surface area contributed by atoms with Gasteiger partial charge < -0.3 is 9.64 Å². The molecule has 1 rings (SSSR count). The largest absolute Gasteiger partial charge is 0.481 e. The Morgan fingerprint density at radius 3 is 2.94 bits per heavy atom. The van der Waals surface area contributed by atoms with Crippen molar-refractivity contribution in [1.29, 1.82) is 0 Å². The van der Waals surface area contributed by atoms with Crippen molar-refractivity contribution in [2.75, 3.05) is 20.7 Å². The van der Waals surface area contributed by atoms with E-state index in [-0.39, 0.29) is 5.38 Å². The summed E-state index contributed by atoms with van der Waals surface area (Å²) in [6.45, 7) is 3.82. The first-order valence-corrected chi connectivity index (χ1v) is 5.87. The van der Waals surface area contributed by atoms with Gasteiger partial charge in [-0.2, -0.15) is 0 Å². The molecule has 0 aromatic carbocycles. The Morgan fingerprint density at radius 2 is 2.31 bits per heavy atom. The number of methoxy groups -OCH3 is 1. The first kappa shape index (κ1) is 13.3. The van der Waals surface area contributed by atoms with Gasteiger partial charge in [-0.1, -0.05) is 6.07 Å². The average molecular weight is 243 g/mol. The summed E-state index contributed by atoms with van der Waals surface area (Å²) in [6, 6.07) is 3.96. The fourth-order valence-electron chi connectivity index (χ4n) is 1.50. The zero-order chi connectivity index (χ0) is 12.0. The maximum atomic E-state index is 5.92. The molecule has 0 fully saturated rings. The SMILES string of the molecule is COc1ncccc1CN(C)CCC(C)Cl. The second-order valence-corrected chi connectivity index (χ2v) is 4.72. The molecule has 0 bridgehead atoms. The molecule has 0 N–H and O–H groups in total. The number of aromatic nitrogens is 1. The lowest BCUT2D eigenvalue weighted by molar-refractivity contribution is 0.310. The molecule has 0 aliphatic carbocycles. The summed E-state index contributed by atoms with van der Waals surface area (Å²) >= 11 is 5.92. The van der Waals surface area contributed by atoms with Gasteiger partial charge in [0, 0.05) is 23.7 Å². The highest BCUT2D eigenvalue weighted by atomic mass is 35.5. The van der Waals surface area contributed by atoms with Crippen LogP contribution in [-0.4, -0.2) is 36.0 Å². The first-order chi connectivity index (χ1) is 7.63. The van der Waals surface area contributed by atoms with Crippen LogP contribution < -0.4 is 4.74 Å². The fraction of sp³-hybridized carbons (Fsp3) is 0.583. The van der Waals surface area contributed by atoms with E-state index in [1.165, 1.54) is 0 Å². The van der Waals surface area contributed by atoms with E-state index in [4.69, 9.17) is 16.3 Å². The van der Waals surface area contributed by atoms with Crippen LogP contribution in [0.5, 0.6) is 5.88 Å². The third-order valence-electron chi connectivity index (χ3n) is 2.39. The van der Waals surface area contributed by atoms with Crippen LogP contribution in [0.3, 0.4) is 0 Å². The molecule has 0 amide bonds. The van der Waals surface area contributed by atoms with Gasteiger partial charge in [-0.3, -0.25) is 0 Å². The lowest BCUT2D eigenvalue weighted by Crippen LogP contribution is -2.21. The molecule has 0 saturated carbocycles.